The van der Waals surface area contributed by atoms with Crippen LogP contribution in [0.3, 0.4) is 0 Å². The van der Waals surface area contributed by atoms with Crippen molar-refractivity contribution in [3.63, 3.8) is 0 Å². The highest BCUT2D eigenvalue weighted by molar-refractivity contribution is 5.80. The van der Waals surface area contributed by atoms with E-state index in [2.05, 4.69) is 41.7 Å². The van der Waals surface area contributed by atoms with Crippen LogP contribution < -0.4 is 16.0 Å². The van der Waals surface area contributed by atoms with E-state index >= 15 is 0 Å². The lowest BCUT2D eigenvalue weighted by atomic mass is 10.1. The third kappa shape index (κ3) is 10.9. The van der Waals surface area contributed by atoms with Gasteiger partial charge in [0.25, 0.3) is 0 Å². The molecule has 6 nitrogen and oxygen atoms in total. The van der Waals surface area contributed by atoms with E-state index in [0.717, 1.165) is 12.5 Å². The largest absolute Gasteiger partial charge is 0.444 e. The summed E-state index contributed by atoms with van der Waals surface area (Å²) in [4.78, 5) is 15.9. The molecule has 0 spiro atoms. The van der Waals surface area contributed by atoms with Gasteiger partial charge in [-0.1, -0.05) is 13.8 Å². The second kappa shape index (κ2) is 9.47. The predicted octanol–water partition coefficient (Wildman–Crippen LogP) is 2.11. The molecule has 21 heavy (non-hydrogen) atoms. The number of amides is 1. The first-order valence-corrected chi connectivity index (χ1v) is 7.67. The number of alkyl carbamates (subject to hydrolysis) is 1. The minimum Gasteiger partial charge on any atom is -0.444 e. The fourth-order valence-corrected chi connectivity index (χ4v) is 1.34. The van der Waals surface area contributed by atoms with E-state index in [1.165, 1.54) is 0 Å². The Hall–Kier alpha value is -1.46. The van der Waals surface area contributed by atoms with E-state index in [9.17, 15) is 4.79 Å². The van der Waals surface area contributed by atoms with Crippen LogP contribution in [0.4, 0.5) is 4.79 Å². The lowest BCUT2D eigenvalue weighted by molar-refractivity contribution is 0.0529. The number of rotatable bonds is 6. The van der Waals surface area contributed by atoms with Gasteiger partial charge in [-0.05, 0) is 40.5 Å². The van der Waals surface area contributed by atoms with Crippen molar-refractivity contribution in [2.75, 3.05) is 19.6 Å². The number of carbonyl (C=O) groups excluding carboxylic acids is 1. The zero-order chi connectivity index (χ0) is 16.5. The Labute approximate surface area is 129 Å². The molecule has 1 amide bonds. The van der Waals surface area contributed by atoms with Crippen molar-refractivity contribution in [2.45, 2.75) is 60.1 Å². The standard InChI is InChI=1S/C15H32N4O2/c1-8-16-13(19-12(4)11(2)3)17-9-10-18-14(20)21-15(5,6)7/h11-12H,8-10H2,1-7H3,(H,18,20)(H2,16,17,19). The van der Waals surface area contributed by atoms with E-state index in [1.54, 1.807) is 0 Å². The second-order valence-electron chi connectivity index (χ2n) is 6.37. The number of nitrogens with one attached hydrogen (secondary N) is 3. The molecule has 0 heterocycles. The molecule has 0 aromatic rings. The van der Waals surface area contributed by atoms with Crippen molar-refractivity contribution >= 4 is 12.1 Å². The van der Waals surface area contributed by atoms with Crippen LogP contribution >= 0.6 is 0 Å². The second-order valence-corrected chi connectivity index (χ2v) is 6.37. The molecule has 0 radical (unpaired) electrons. The third-order valence-corrected chi connectivity index (χ3v) is 2.76. The molecule has 0 aromatic heterocycles. The van der Waals surface area contributed by atoms with Crippen molar-refractivity contribution in [1.82, 2.24) is 16.0 Å². The van der Waals surface area contributed by atoms with Crippen molar-refractivity contribution in [3.05, 3.63) is 0 Å². The average molecular weight is 300 g/mol. The molecule has 0 aliphatic rings. The van der Waals surface area contributed by atoms with Crippen LogP contribution in [0.1, 0.15) is 48.5 Å². The Morgan fingerprint density at radius 2 is 1.81 bits per heavy atom. The highest BCUT2D eigenvalue weighted by atomic mass is 16.6. The number of guanidine groups is 1. The molecule has 1 atom stereocenters. The zero-order valence-corrected chi connectivity index (χ0v) is 14.5. The molecule has 3 N–H and O–H groups in total. The summed E-state index contributed by atoms with van der Waals surface area (Å²) in [6, 6.07) is 0.335. The summed E-state index contributed by atoms with van der Waals surface area (Å²) in [7, 11) is 0. The maximum atomic E-state index is 11.5. The van der Waals surface area contributed by atoms with Gasteiger partial charge < -0.3 is 20.7 Å². The summed E-state index contributed by atoms with van der Waals surface area (Å²) in [6.07, 6.45) is -0.411. The normalized spacial score (nSPS) is 13.8. The van der Waals surface area contributed by atoms with Crippen LogP contribution in [0.2, 0.25) is 0 Å². The van der Waals surface area contributed by atoms with E-state index < -0.39 is 11.7 Å². The Kier molecular flexibility index (Phi) is 8.81. The molecule has 0 fully saturated rings. The molecule has 0 aliphatic heterocycles. The van der Waals surface area contributed by atoms with Gasteiger partial charge in [0.05, 0.1) is 6.54 Å². The average Bonchev–Trinajstić information content (AvgIpc) is 2.32. The summed E-state index contributed by atoms with van der Waals surface area (Å²) in [5.41, 5.74) is -0.476. The number of hydrogen-bond donors (Lipinski definition) is 3. The van der Waals surface area contributed by atoms with Crippen molar-refractivity contribution in [1.29, 1.82) is 0 Å². The SMILES string of the molecule is CCNC(=NCCNC(=O)OC(C)(C)C)NC(C)C(C)C. The van der Waals surface area contributed by atoms with Crippen LogP contribution in [0.25, 0.3) is 0 Å². The van der Waals surface area contributed by atoms with Gasteiger partial charge in [-0.2, -0.15) is 0 Å². The number of aliphatic imine (C=N–C) groups is 1. The quantitative estimate of drug-likeness (QED) is 0.399. The van der Waals surface area contributed by atoms with E-state index in [-0.39, 0.29) is 0 Å². The Morgan fingerprint density at radius 3 is 2.29 bits per heavy atom. The molecule has 124 valence electrons. The fourth-order valence-electron chi connectivity index (χ4n) is 1.34. The van der Waals surface area contributed by atoms with Gasteiger partial charge in [0.2, 0.25) is 0 Å². The Bertz CT molecular complexity index is 335. The smallest absolute Gasteiger partial charge is 0.407 e. The molecular weight excluding hydrogens is 268 g/mol. The van der Waals surface area contributed by atoms with Gasteiger partial charge in [0, 0.05) is 19.1 Å². The van der Waals surface area contributed by atoms with Crippen molar-refractivity contribution < 1.29 is 9.53 Å². The van der Waals surface area contributed by atoms with E-state index in [0.29, 0.717) is 25.0 Å². The lowest BCUT2D eigenvalue weighted by Crippen LogP contribution is -2.44. The monoisotopic (exact) mass is 300 g/mol. The van der Waals surface area contributed by atoms with Gasteiger partial charge in [0.15, 0.2) is 5.96 Å². The summed E-state index contributed by atoms with van der Waals surface area (Å²) >= 11 is 0. The summed E-state index contributed by atoms with van der Waals surface area (Å²) in [5, 5.41) is 9.22. The summed E-state index contributed by atoms with van der Waals surface area (Å²) in [5.74, 6) is 1.29. The van der Waals surface area contributed by atoms with Gasteiger partial charge in [-0.15, -0.1) is 0 Å². The van der Waals surface area contributed by atoms with Crippen LogP contribution in [0.5, 0.6) is 0 Å². The number of carbonyl (C=O) groups is 1. The molecule has 0 aromatic carbocycles. The maximum Gasteiger partial charge on any atom is 0.407 e. The van der Waals surface area contributed by atoms with Gasteiger partial charge in [-0.25, -0.2) is 4.79 Å². The number of nitrogens with zero attached hydrogens (tertiary/aromatic N) is 1. The van der Waals surface area contributed by atoms with Gasteiger partial charge >= 0.3 is 6.09 Å². The molecule has 6 heteroatoms. The van der Waals surface area contributed by atoms with Crippen LogP contribution in [-0.4, -0.2) is 43.3 Å². The number of ether oxygens (including phenoxy) is 1. The van der Waals surface area contributed by atoms with E-state index in [1.807, 2.05) is 27.7 Å². The lowest BCUT2D eigenvalue weighted by Gasteiger charge is -2.21. The topological polar surface area (TPSA) is 74.8 Å². The summed E-state index contributed by atoms with van der Waals surface area (Å²) in [6.45, 7) is 15.7. The minimum atomic E-state index is -0.476. The Balaban J connectivity index is 4.18. The van der Waals surface area contributed by atoms with Crippen LogP contribution in [0.15, 0.2) is 4.99 Å². The molecular formula is C15H32N4O2. The predicted molar refractivity (Wildman–Crippen MR) is 87.7 cm³/mol. The van der Waals surface area contributed by atoms with Crippen molar-refractivity contribution in [2.24, 2.45) is 10.9 Å². The highest BCUT2D eigenvalue weighted by Crippen LogP contribution is 2.06. The van der Waals surface area contributed by atoms with Crippen LogP contribution in [0, 0.1) is 5.92 Å². The highest BCUT2D eigenvalue weighted by Gasteiger charge is 2.15. The van der Waals surface area contributed by atoms with Gasteiger partial charge in [0.1, 0.15) is 5.60 Å². The third-order valence-electron chi connectivity index (χ3n) is 2.76. The van der Waals surface area contributed by atoms with E-state index in [4.69, 9.17) is 4.74 Å². The molecule has 0 rings (SSSR count). The molecule has 1 unspecified atom stereocenters. The molecule has 0 saturated carbocycles. The molecule has 0 saturated heterocycles. The first-order chi connectivity index (χ1) is 9.65. The number of hydrogen-bond acceptors (Lipinski definition) is 3. The molecule has 0 aliphatic carbocycles. The fraction of sp³-hybridized carbons (Fsp3) is 0.867. The first kappa shape index (κ1) is 19.5. The van der Waals surface area contributed by atoms with Crippen LogP contribution in [-0.2, 0) is 4.74 Å². The minimum absolute atomic E-state index is 0.335. The Morgan fingerprint density at radius 1 is 1.19 bits per heavy atom. The van der Waals surface area contributed by atoms with Crippen molar-refractivity contribution in [3.8, 4) is 0 Å². The molecule has 0 bridgehead atoms. The summed E-state index contributed by atoms with van der Waals surface area (Å²) < 4.78 is 5.16. The zero-order valence-electron chi connectivity index (χ0n) is 14.5. The van der Waals surface area contributed by atoms with Gasteiger partial charge in [-0.3, -0.25) is 4.99 Å². The first-order valence-electron chi connectivity index (χ1n) is 7.67. The maximum absolute atomic E-state index is 11.5.